The van der Waals surface area contributed by atoms with Crippen LogP contribution in [0, 0.1) is 0 Å². The molecule has 0 aliphatic carbocycles. The maximum absolute atomic E-state index is 5.69. The quantitative estimate of drug-likeness (QED) is 0.380. The molecule has 6 rings (SSSR count). The molecule has 0 fully saturated rings. The number of nitrogens with two attached hydrogens (primary N) is 1. The van der Waals surface area contributed by atoms with Crippen molar-refractivity contribution in [3.63, 3.8) is 0 Å². The highest BCUT2D eigenvalue weighted by atomic mass is 15.7. The molecule has 0 bridgehead atoms. The maximum Gasteiger partial charge on any atom is 0.271 e. The number of nitrogens with one attached hydrogen (secondary N) is 1. The van der Waals surface area contributed by atoms with Crippen LogP contribution >= 0.6 is 0 Å². The number of benzene rings is 2. The van der Waals surface area contributed by atoms with Crippen LogP contribution in [0.3, 0.4) is 0 Å². The third-order valence-electron chi connectivity index (χ3n) is 5.26. The van der Waals surface area contributed by atoms with Crippen molar-refractivity contribution in [3.8, 4) is 5.69 Å². The number of para-hydroxylation sites is 1. The molecule has 2 aromatic heterocycles. The average Bonchev–Trinajstić information content (AvgIpc) is 3.27. The molecular formula is C22H18N10. The second-order valence-corrected chi connectivity index (χ2v) is 7.33. The van der Waals surface area contributed by atoms with Gasteiger partial charge in [0.2, 0.25) is 0 Å². The van der Waals surface area contributed by atoms with Gasteiger partial charge in [0.25, 0.3) is 11.6 Å². The van der Waals surface area contributed by atoms with Crippen LogP contribution < -0.4 is 16.9 Å². The normalized spacial score (nSPS) is 15.5. The van der Waals surface area contributed by atoms with Crippen LogP contribution in [0.1, 0.15) is 12.5 Å². The fourth-order valence-corrected chi connectivity index (χ4v) is 3.82. The van der Waals surface area contributed by atoms with E-state index in [0.717, 1.165) is 28.0 Å². The van der Waals surface area contributed by atoms with Gasteiger partial charge in [-0.1, -0.05) is 48.5 Å². The second kappa shape index (κ2) is 6.91. The summed E-state index contributed by atoms with van der Waals surface area (Å²) in [5.41, 5.74) is 7.95. The molecule has 4 heterocycles. The van der Waals surface area contributed by atoms with E-state index in [9.17, 15) is 0 Å². The van der Waals surface area contributed by atoms with Crippen molar-refractivity contribution >= 4 is 34.2 Å². The van der Waals surface area contributed by atoms with Crippen molar-refractivity contribution in [2.45, 2.75) is 6.92 Å². The molecule has 10 nitrogen and oxygen atoms in total. The highest BCUT2D eigenvalue weighted by Crippen LogP contribution is 2.30. The number of nitrogens with zero attached hydrogens (tertiary/aromatic N) is 8. The zero-order valence-electron chi connectivity index (χ0n) is 17.1. The first kappa shape index (κ1) is 18.1. The number of guanidine groups is 1. The molecule has 10 heteroatoms. The van der Waals surface area contributed by atoms with Gasteiger partial charge in [-0.2, -0.15) is 14.8 Å². The number of rotatable bonds is 2. The molecular weight excluding hydrogens is 404 g/mol. The van der Waals surface area contributed by atoms with Crippen LogP contribution in [0.25, 0.3) is 22.4 Å². The van der Waals surface area contributed by atoms with Crippen LogP contribution in [-0.2, 0) is 0 Å². The topological polar surface area (TPSA) is 114 Å². The predicted molar refractivity (Wildman–Crippen MR) is 122 cm³/mol. The van der Waals surface area contributed by atoms with Gasteiger partial charge in [0, 0.05) is 11.3 Å². The summed E-state index contributed by atoms with van der Waals surface area (Å²) < 4.78 is 3.30. The Morgan fingerprint density at radius 1 is 1.00 bits per heavy atom. The van der Waals surface area contributed by atoms with Crippen molar-refractivity contribution in [1.29, 1.82) is 0 Å². The number of aliphatic imine (C=N–C) groups is 1. The van der Waals surface area contributed by atoms with Gasteiger partial charge < -0.3 is 5.84 Å². The van der Waals surface area contributed by atoms with Crippen LogP contribution in [0.4, 0.5) is 5.82 Å². The smallest absolute Gasteiger partial charge is 0.271 e. The molecule has 0 spiro atoms. The Balaban J connectivity index is 1.57. The predicted octanol–water partition coefficient (Wildman–Crippen LogP) is 2.27. The van der Waals surface area contributed by atoms with E-state index in [2.05, 4.69) is 25.6 Å². The van der Waals surface area contributed by atoms with Gasteiger partial charge in [0.05, 0.1) is 23.0 Å². The fraction of sp³-hybridized carbons (Fsp3) is 0.0455. The Morgan fingerprint density at radius 2 is 1.75 bits per heavy atom. The number of hydrogen-bond acceptors (Lipinski definition) is 8. The van der Waals surface area contributed by atoms with Crippen LogP contribution in [0.5, 0.6) is 0 Å². The van der Waals surface area contributed by atoms with Gasteiger partial charge in [0.15, 0.2) is 11.5 Å². The summed E-state index contributed by atoms with van der Waals surface area (Å²) in [6, 6.07) is 19.8. The number of aromatic nitrogens is 4. The molecule has 2 aromatic carbocycles. The molecule has 2 aliphatic rings. The van der Waals surface area contributed by atoms with Gasteiger partial charge in [-0.25, -0.2) is 14.7 Å². The zero-order chi connectivity index (χ0) is 21.7. The van der Waals surface area contributed by atoms with Crippen LogP contribution in [0.2, 0.25) is 0 Å². The first-order valence-corrected chi connectivity index (χ1v) is 10.0. The maximum atomic E-state index is 5.69. The van der Waals surface area contributed by atoms with E-state index in [4.69, 9.17) is 10.9 Å². The van der Waals surface area contributed by atoms with E-state index < -0.39 is 0 Å². The summed E-state index contributed by atoms with van der Waals surface area (Å²) in [7, 11) is 0. The minimum absolute atomic E-state index is 0.230. The summed E-state index contributed by atoms with van der Waals surface area (Å²) in [5, 5.41) is 15.7. The molecule has 3 N–H and O–H groups in total. The largest absolute Gasteiger partial charge is 0.320 e. The van der Waals surface area contributed by atoms with Crippen molar-refractivity contribution in [3.05, 3.63) is 84.1 Å². The summed E-state index contributed by atoms with van der Waals surface area (Å²) in [4.78, 5) is 9.21. The van der Waals surface area contributed by atoms with E-state index in [1.807, 2.05) is 78.7 Å². The Morgan fingerprint density at radius 3 is 2.50 bits per heavy atom. The summed E-state index contributed by atoms with van der Waals surface area (Å²) in [5.74, 6) is 6.79. The molecule has 4 aromatic rings. The molecule has 0 amide bonds. The summed E-state index contributed by atoms with van der Waals surface area (Å²) in [6.45, 7) is 1.93. The molecule has 2 aliphatic heterocycles. The van der Waals surface area contributed by atoms with Crippen molar-refractivity contribution in [2.24, 2.45) is 21.0 Å². The Bertz CT molecular complexity index is 1510. The third kappa shape index (κ3) is 2.70. The van der Waals surface area contributed by atoms with E-state index in [0.29, 0.717) is 17.4 Å². The lowest BCUT2D eigenvalue weighted by Gasteiger charge is -2.33. The molecule has 0 unspecified atom stereocenters. The third-order valence-corrected chi connectivity index (χ3v) is 5.26. The summed E-state index contributed by atoms with van der Waals surface area (Å²) >= 11 is 0. The van der Waals surface area contributed by atoms with E-state index in [-0.39, 0.29) is 5.62 Å². The number of hydrazine groups is 1. The zero-order valence-corrected chi connectivity index (χ0v) is 17.1. The Labute approximate surface area is 182 Å². The Hall–Kier alpha value is -4.73. The minimum Gasteiger partial charge on any atom is -0.320 e. The van der Waals surface area contributed by atoms with Crippen molar-refractivity contribution < 1.29 is 0 Å². The van der Waals surface area contributed by atoms with Gasteiger partial charge in [-0.3, -0.25) is 5.43 Å². The van der Waals surface area contributed by atoms with E-state index >= 15 is 0 Å². The second-order valence-electron chi connectivity index (χ2n) is 7.33. The van der Waals surface area contributed by atoms with E-state index in [1.54, 1.807) is 15.6 Å². The first-order chi connectivity index (χ1) is 15.7. The van der Waals surface area contributed by atoms with Crippen LogP contribution in [0.15, 0.2) is 88.1 Å². The van der Waals surface area contributed by atoms with Gasteiger partial charge in [-0.15, -0.1) is 10.2 Å². The standard InChI is InChI=1S/C22H18N10/c1-14-12-18(15-8-4-2-5-9-15)31-22(25-14)29-32-20(28-31)17-13-24-30(16-10-6-3-7-11-16)19(17)26-21(32)27-23/h2-13,28H,23H2,1H3/b27-21+. The molecule has 156 valence electrons. The van der Waals surface area contributed by atoms with Gasteiger partial charge in [-0.05, 0) is 25.1 Å². The lowest BCUT2D eigenvalue weighted by atomic mass is 10.1. The lowest BCUT2D eigenvalue weighted by molar-refractivity contribution is 0.602. The minimum atomic E-state index is 0.230. The summed E-state index contributed by atoms with van der Waals surface area (Å²) in [6.07, 6.45) is 3.76. The highest BCUT2D eigenvalue weighted by Gasteiger charge is 2.29. The molecule has 0 atom stereocenters. The number of fused-ring (bicyclic) bond motifs is 4. The Kier molecular flexibility index (Phi) is 3.90. The molecule has 0 radical (unpaired) electrons. The molecule has 32 heavy (non-hydrogen) atoms. The fourth-order valence-electron chi connectivity index (χ4n) is 3.82. The van der Waals surface area contributed by atoms with Crippen molar-refractivity contribution in [1.82, 2.24) is 24.4 Å². The van der Waals surface area contributed by atoms with E-state index in [1.165, 1.54) is 0 Å². The molecule has 0 saturated carbocycles. The van der Waals surface area contributed by atoms with Gasteiger partial charge >= 0.3 is 0 Å². The number of anilines is 1. The first-order valence-electron chi connectivity index (χ1n) is 10.0. The monoisotopic (exact) mass is 422 g/mol. The molecule has 0 saturated heterocycles. The number of hydrogen-bond donors (Lipinski definition) is 2. The number of allylic oxidation sites excluding steroid dienone is 1. The SMILES string of the molecule is CC1=NC2=Nn3c(c4cnn(-c5ccccc5)c4n/c3=N\N)NN2C(c2ccccc2)=C1. The highest BCUT2D eigenvalue weighted by molar-refractivity contribution is 6.12. The van der Waals surface area contributed by atoms with Gasteiger partial charge in [0.1, 0.15) is 0 Å². The van der Waals surface area contributed by atoms with Crippen LogP contribution in [-0.4, -0.2) is 36.1 Å². The van der Waals surface area contributed by atoms with Crippen molar-refractivity contribution in [2.75, 3.05) is 5.43 Å². The average molecular weight is 422 g/mol. The lowest BCUT2D eigenvalue weighted by Crippen LogP contribution is -2.43.